The van der Waals surface area contributed by atoms with Crippen molar-refractivity contribution in [3.8, 4) is 5.75 Å². The Labute approximate surface area is 97.1 Å². The van der Waals surface area contributed by atoms with Crippen molar-refractivity contribution in [2.45, 2.75) is 6.61 Å². The molecule has 1 aromatic carbocycles. The molecule has 86 valence electrons. The van der Waals surface area contributed by atoms with E-state index < -0.39 is 0 Å². The van der Waals surface area contributed by atoms with Crippen LogP contribution < -0.4 is 4.74 Å². The molecule has 1 aromatic heterocycles. The topological polar surface area (TPSA) is 52.1 Å². The minimum absolute atomic E-state index is 0.171. The van der Waals surface area contributed by atoms with Gasteiger partial charge in [0.15, 0.2) is 12.1 Å². The quantitative estimate of drug-likeness (QED) is 0.756. The van der Waals surface area contributed by atoms with E-state index in [2.05, 4.69) is 9.97 Å². The molecule has 0 aliphatic carbocycles. The molecule has 17 heavy (non-hydrogen) atoms. The summed E-state index contributed by atoms with van der Waals surface area (Å²) >= 11 is 0. The van der Waals surface area contributed by atoms with Crippen LogP contribution in [0.5, 0.6) is 5.75 Å². The molecule has 0 aliphatic rings. The smallest absolute Gasteiger partial charge is 0.166 e. The van der Waals surface area contributed by atoms with E-state index >= 15 is 0 Å². The Morgan fingerprint density at radius 1 is 1.18 bits per heavy atom. The van der Waals surface area contributed by atoms with Crippen LogP contribution >= 0.6 is 0 Å². The first kappa shape index (κ1) is 11.2. The molecular formula is C12H9FN2O2. The van der Waals surface area contributed by atoms with Crippen molar-refractivity contribution in [2.24, 2.45) is 0 Å². The zero-order chi connectivity index (χ0) is 12.1. The minimum Gasteiger partial charge on any atom is -0.486 e. The highest BCUT2D eigenvalue weighted by Gasteiger charge is 1.99. The highest BCUT2D eigenvalue weighted by Crippen LogP contribution is 2.12. The Morgan fingerprint density at radius 3 is 2.41 bits per heavy atom. The molecule has 0 N–H and O–H groups in total. The van der Waals surface area contributed by atoms with Crippen LogP contribution in [0.2, 0.25) is 0 Å². The number of aldehydes is 1. The molecular weight excluding hydrogens is 223 g/mol. The average molecular weight is 232 g/mol. The van der Waals surface area contributed by atoms with Crippen LogP contribution in [0.1, 0.15) is 16.2 Å². The SMILES string of the molecule is O=Cc1cnc(COc2ccc(F)cc2)nc1. The summed E-state index contributed by atoms with van der Waals surface area (Å²) in [4.78, 5) is 18.3. The first-order chi connectivity index (χ1) is 8.28. The number of carbonyl (C=O) groups excluding carboxylic acids is 1. The third-order valence-corrected chi connectivity index (χ3v) is 2.04. The number of nitrogens with zero attached hydrogens (tertiary/aromatic N) is 2. The number of hydrogen-bond donors (Lipinski definition) is 0. The summed E-state index contributed by atoms with van der Waals surface area (Å²) in [5.74, 6) is 0.679. The molecule has 4 nitrogen and oxygen atoms in total. The van der Waals surface area contributed by atoms with E-state index in [-0.39, 0.29) is 12.4 Å². The highest BCUT2D eigenvalue weighted by atomic mass is 19.1. The summed E-state index contributed by atoms with van der Waals surface area (Å²) in [5.41, 5.74) is 0.413. The Bertz CT molecular complexity index is 497. The summed E-state index contributed by atoms with van der Waals surface area (Å²) < 4.78 is 18.0. The molecule has 0 spiro atoms. The predicted molar refractivity (Wildman–Crippen MR) is 58.2 cm³/mol. The predicted octanol–water partition coefficient (Wildman–Crippen LogP) is 2.01. The van der Waals surface area contributed by atoms with Crippen LogP contribution in [0.4, 0.5) is 4.39 Å². The summed E-state index contributed by atoms with van der Waals surface area (Å²) in [6.07, 6.45) is 3.51. The lowest BCUT2D eigenvalue weighted by molar-refractivity contribution is 0.112. The third kappa shape index (κ3) is 3.07. The number of carbonyl (C=O) groups is 1. The molecule has 2 aromatic rings. The second-order valence-corrected chi connectivity index (χ2v) is 3.29. The fourth-order valence-corrected chi connectivity index (χ4v) is 1.18. The summed E-state index contributed by atoms with van der Waals surface area (Å²) in [6, 6.07) is 5.67. The molecule has 0 amide bonds. The summed E-state index contributed by atoms with van der Waals surface area (Å²) in [5, 5.41) is 0. The Kier molecular flexibility index (Phi) is 3.40. The number of halogens is 1. The van der Waals surface area contributed by atoms with E-state index in [4.69, 9.17) is 4.74 Å². The molecule has 0 saturated heterocycles. The van der Waals surface area contributed by atoms with E-state index in [1.54, 1.807) is 0 Å². The van der Waals surface area contributed by atoms with Gasteiger partial charge >= 0.3 is 0 Å². The van der Waals surface area contributed by atoms with Gasteiger partial charge in [-0.25, -0.2) is 14.4 Å². The van der Waals surface area contributed by atoms with Gasteiger partial charge in [-0.3, -0.25) is 4.79 Å². The van der Waals surface area contributed by atoms with E-state index in [9.17, 15) is 9.18 Å². The molecule has 1 heterocycles. The highest BCUT2D eigenvalue weighted by molar-refractivity contribution is 5.73. The van der Waals surface area contributed by atoms with Crippen molar-refractivity contribution in [3.05, 3.63) is 53.9 Å². The van der Waals surface area contributed by atoms with Crippen LogP contribution in [-0.4, -0.2) is 16.3 Å². The molecule has 0 atom stereocenters. The first-order valence-electron chi connectivity index (χ1n) is 4.92. The van der Waals surface area contributed by atoms with Gasteiger partial charge in [-0.1, -0.05) is 0 Å². The molecule has 0 bridgehead atoms. The molecule has 0 saturated carbocycles. The molecule has 0 fully saturated rings. The molecule has 0 unspecified atom stereocenters. The van der Waals surface area contributed by atoms with Gasteiger partial charge in [0.25, 0.3) is 0 Å². The van der Waals surface area contributed by atoms with Crippen molar-refractivity contribution in [1.82, 2.24) is 9.97 Å². The lowest BCUT2D eigenvalue weighted by Crippen LogP contribution is -2.01. The second-order valence-electron chi connectivity index (χ2n) is 3.29. The number of benzene rings is 1. The second kappa shape index (κ2) is 5.16. The van der Waals surface area contributed by atoms with E-state index in [1.807, 2.05) is 0 Å². The summed E-state index contributed by atoms with van der Waals surface area (Å²) in [7, 11) is 0. The maximum atomic E-state index is 12.6. The van der Waals surface area contributed by atoms with Crippen molar-refractivity contribution < 1.29 is 13.9 Å². The Hall–Kier alpha value is -2.30. The van der Waals surface area contributed by atoms with Gasteiger partial charge in [0.1, 0.15) is 18.2 Å². The van der Waals surface area contributed by atoms with Crippen LogP contribution in [0, 0.1) is 5.82 Å². The molecule has 2 rings (SSSR count). The van der Waals surface area contributed by atoms with E-state index in [0.29, 0.717) is 23.4 Å². The average Bonchev–Trinajstić information content (AvgIpc) is 2.39. The molecule has 0 aliphatic heterocycles. The van der Waals surface area contributed by atoms with Crippen LogP contribution in [-0.2, 0) is 6.61 Å². The fourth-order valence-electron chi connectivity index (χ4n) is 1.18. The number of rotatable bonds is 4. The largest absolute Gasteiger partial charge is 0.486 e. The maximum Gasteiger partial charge on any atom is 0.166 e. The van der Waals surface area contributed by atoms with Gasteiger partial charge in [-0.05, 0) is 24.3 Å². The molecule has 5 heteroatoms. The van der Waals surface area contributed by atoms with Gasteiger partial charge in [0, 0.05) is 12.4 Å². The van der Waals surface area contributed by atoms with Crippen molar-refractivity contribution in [2.75, 3.05) is 0 Å². The number of aromatic nitrogens is 2. The monoisotopic (exact) mass is 232 g/mol. The van der Waals surface area contributed by atoms with Gasteiger partial charge in [-0.15, -0.1) is 0 Å². The van der Waals surface area contributed by atoms with Gasteiger partial charge in [0.05, 0.1) is 5.56 Å². The van der Waals surface area contributed by atoms with Crippen LogP contribution in [0.3, 0.4) is 0 Å². The van der Waals surface area contributed by atoms with Crippen molar-refractivity contribution >= 4 is 6.29 Å². The standard InChI is InChI=1S/C12H9FN2O2/c13-10-1-3-11(4-2-10)17-8-12-14-5-9(7-16)6-15-12/h1-7H,8H2. The minimum atomic E-state index is -0.316. The van der Waals surface area contributed by atoms with Gasteiger partial charge in [-0.2, -0.15) is 0 Å². The van der Waals surface area contributed by atoms with E-state index in [1.165, 1.54) is 36.7 Å². The Balaban J connectivity index is 1.97. The summed E-state index contributed by atoms with van der Waals surface area (Å²) in [6.45, 7) is 0.171. The van der Waals surface area contributed by atoms with Crippen LogP contribution in [0.25, 0.3) is 0 Å². The van der Waals surface area contributed by atoms with Gasteiger partial charge in [0.2, 0.25) is 0 Å². The van der Waals surface area contributed by atoms with Crippen molar-refractivity contribution in [3.63, 3.8) is 0 Å². The van der Waals surface area contributed by atoms with Gasteiger partial charge < -0.3 is 4.74 Å². The Morgan fingerprint density at radius 2 is 1.82 bits per heavy atom. The third-order valence-electron chi connectivity index (χ3n) is 2.04. The first-order valence-corrected chi connectivity index (χ1v) is 4.92. The van der Waals surface area contributed by atoms with E-state index in [0.717, 1.165) is 0 Å². The maximum absolute atomic E-state index is 12.6. The zero-order valence-corrected chi connectivity index (χ0v) is 8.84. The lowest BCUT2D eigenvalue weighted by atomic mass is 10.3. The normalized spacial score (nSPS) is 9.94. The zero-order valence-electron chi connectivity index (χ0n) is 8.84. The fraction of sp³-hybridized carbons (Fsp3) is 0.0833. The molecule has 0 radical (unpaired) electrons. The van der Waals surface area contributed by atoms with Crippen molar-refractivity contribution in [1.29, 1.82) is 0 Å². The lowest BCUT2D eigenvalue weighted by Gasteiger charge is -2.04. The van der Waals surface area contributed by atoms with Crippen LogP contribution in [0.15, 0.2) is 36.7 Å². The number of ether oxygens (including phenoxy) is 1. The number of hydrogen-bond acceptors (Lipinski definition) is 4.